The maximum absolute atomic E-state index is 11.5. The van der Waals surface area contributed by atoms with Crippen molar-refractivity contribution in [2.24, 2.45) is 0 Å². The van der Waals surface area contributed by atoms with Crippen LogP contribution in [-0.4, -0.2) is 26.8 Å². The van der Waals surface area contributed by atoms with Crippen molar-refractivity contribution >= 4 is 11.5 Å². The van der Waals surface area contributed by atoms with Gasteiger partial charge in [0.1, 0.15) is 11.5 Å². The number of hydrogen-bond donors (Lipinski definition) is 0. The third-order valence-corrected chi connectivity index (χ3v) is 3.75. The zero-order valence-corrected chi connectivity index (χ0v) is 15.4. The Morgan fingerprint density at radius 3 is 2.04 bits per heavy atom. The highest BCUT2D eigenvalue weighted by molar-refractivity contribution is 5.82. The Hall–Kier alpha value is -3.01. The molecule has 2 aromatic carbocycles. The zero-order valence-electron chi connectivity index (χ0n) is 15.4. The first-order chi connectivity index (χ1) is 12.7. The minimum atomic E-state index is -0.235. The molecule has 0 aliphatic heterocycles. The molecule has 0 aliphatic rings. The molecule has 0 heterocycles. The van der Waals surface area contributed by atoms with E-state index in [9.17, 15) is 4.79 Å². The third-order valence-electron chi connectivity index (χ3n) is 3.75. The van der Waals surface area contributed by atoms with Crippen molar-refractivity contribution in [2.45, 2.75) is 13.3 Å². The quantitative estimate of drug-likeness (QED) is 0.513. The van der Waals surface area contributed by atoms with Crippen LogP contribution >= 0.6 is 0 Å². The molecule has 0 aromatic heterocycles. The van der Waals surface area contributed by atoms with Crippen LogP contribution in [0.1, 0.15) is 24.5 Å². The molecule has 0 atom stereocenters. The van der Waals surface area contributed by atoms with E-state index in [4.69, 9.17) is 14.2 Å². The van der Waals surface area contributed by atoms with Crippen molar-refractivity contribution < 1.29 is 19.0 Å². The zero-order chi connectivity index (χ0) is 18.8. The summed E-state index contributed by atoms with van der Waals surface area (Å²) in [7, 11) is 3.29. The highest BCUT2D eigenvalue weighted by Gasteiger charge is 2.07. The monoisotopic (exact) mass is 352 g/mol. The van der Waals surface area contributed by atoms with E-state index in [-0.39, 0.29) is 12.4 Å². The number of benzene rings is 2. The molecule has 0 aliphatic carbocycles. The Kier molecular flexibility index (Phi) is 7.49. The van der Waals surface area contributed by atoms with E-state index in [0.29, 0.717) is 6.61 Å². The molecule has 0 fully saturated rings. The Labute approximate surface area is 154 Å². The second-order valence-corrected chi connectivity index (χ2v) is 5.48. The van der Waals surface area contributed by atoms with Crippen LogP contribution in [0.3, 0.4) is 0 Å². The molecule has 0 bridgehead atoms. The fourth-order valence-corrected chi connectivity index (χ4v) is 2.49. The van der Waals surface area contributed by atoms with Crippen LogP contribution in [0.25, 0.3) is 5.57 Å². The SMILES string of the molecule is CCOC(=O)C/C=C/C=C(c1cccc(OC)c1)c1cccc(OC)c1. The van der Waals surface area contributed by atoms with Gasteiger partial charge in [0.25, 0.3) is 0 Å². The van der Waals surface area contributed by atoms with Gasteiger partial charge in [0, 0.05) is 0 Å². The van der Waals surface area contributed by atoms with Crippen LogP contribution in [0, 0.1) is 0 Å². The molecule has 2 aromatic rings. The second-order valence-electron chi connectivity index (χ2n) is 5.48. The van der Waals surface area contributed by atoms with E-state index < -0.39 is 0 Å². The van der Waals surface area contributed by atoms with Gasteiger partial charge in [-0.2, -0.15) is 0 Å². The normalized spacial score (nSPS) is 10.4. The van der Waals surface area contributed by atoms with Crippen LogP contribution in [0.15, 0.2) is 66.8 Å². The molecule has 0 amide bonds. The Morgan fingerprint density at radius 2 is 1.54 bits per heavy atom. The number of allylic oxidation sites excluding steroid dienone is 2. The summed E-state index contributed by atoms with van der Waals surface area (Å²) in [6, 6.07) is 15.7. The van der Waals surface area contributed by atoms with E-state index in [1.807, 2.05) is 60.7 Å². The summed E-state index contributed by atoms with van der Waals surface area (Å²) >= 11 is 0. The summed E-state index contributed by atoms with van der Waals surface area (Å²) < 4.78 is 15.6. The highest BCUT2D eigenvalue weighted by Crippen LogP contribution is 2.28. The van der Waals surface area contributed by atoms with Gasteiger partial charge in [-0.15, -0.1) is 0 Å². The molecule has 0 spiro atoms. The lowest BCUT2D eigenvalue weighted by Crippen LogP contribution is -2.01. The van der Waals surface area contributed by atoms with Crippen LogP contribution in [0.5, 0.6) is 11.5 Å². The number of carbonyl (C=O) groups is 1. The minimum Gasteiger partial charge on any atom is -0.497 e. The van der Waals surface area contributed by atoms with Crippen molar-refractivity contribution in [2.75, 3.05) is 20.8 Å². The van der Waals surface area contributed by atoms with Gasteiger partial charge < -0.3 is 14.2 Å². The van der Waals surface area contributed by atoms with Crippen molar-refractivity contribution in [1.82, 2.24) is 0 Å². The van der Waals surface area contributed by atoms with Crippen LogP contribution in [0.4, 0.5) is 0 Å². The molecule has 4 heteroatoms. The van der Waals surface area contributed by atoms with Gasteiger partial charge in [0.05, 0.1) is 27.2 Å². The maximum atomic E-state index is 11.5. The Balaban J connectivity index is 2.36. The molecular formula is C22H24O4. The Bertz CT molecular complexity index is 741. The van der Waals surface area contributed by atoms with Crippen LogP contribution in [-0.2, 0) is 9.53 Å². The van der Waals surface area contributed by atoms with Gasteiger partial charge in [-0.05, 0) is 47.9 Å². The molecule has 2 rings (SSSR count). The van der Waals surface area contributed by atoms with Gasteiger partial charge >= 0.3 is 5.97 Å². The third kappa shape index (κ3) is 5.52. The number of ether oxygens (including phenoxy) is 3. The summed E-state index contributed by atoms with van der Waals surface area (Å²) in [5, 5.41) is 0. The van der Waals surface area contributed by atoms with Crippen molar-refractivity contribution in [3.8, 4) is 11.5 Å². The van der Waals surface area contributed by atoms with E-state index in [1.165, 1.54) is 0 Å². The van der Waals surface area contributed by atoms with Crippen molar-refractivity contribution in [3.63, 3.8) is 0 Å². The summed E-state index contributed by atoms with van der Waals surface area (Å²) in [6.07, 6.45) is 5.88. The smallest absolute Gasteiger partial charge is 0.309 e. The van der Waals surface area contributed by atoms with Crippen LogP contribution < -0.4 is 9.47 Å². The first-order valence-electron chi connectivity index (χ1n) is 8.49. The summed E-state index contributed by atoms with van der Waals surface area (Å²) in [6.45, 7) is 2.19. The lowest BCUT2D eigenvalue weighted by atomic mass is 9.97. The van der Waals surface area contributed by atoms with E-state index in [0.717, 1.165) is 28.2 Å². The summed E-state index contributed by atoms with van der Waals surface area (Å²) in [5.41, 5.74) is 3.03. The van der Waals surface area contributed by atoms with Gasteiger partial charge in [0.2, 0.25) is 0 Å². The summed E-state index contributed by atoms with van der Waals surface area (Å²) in [5.74, 6) is 1.33. The molecule has 26 heavy (non-hydrogen) atoms. The lowest BCUT2D eigenvalue weighted by molar-refractivity contribution is -0.142. The largest absolute Gasteiger partial charge is 0.497 e. The molecule has 0 saturated heterocycles. The molecule has 136 valence electrons. The van der Waals surface area contributed by atoms with Crippen molar-refractivity contribution in [1.29, 1.82) is 0 Å². The average Bonchev–Trinajstić information content (AvgIpc) is 2.68. The first-order valence-corrected chi connectivity index (χ1v) is 8.49. The Morgan fingerprint density at radius 1 is 0.962 bits per heavy atom. The van der Waals surface area contributed by atoms with Gasteiger partial charge in [0.15, 0.2) is 0 Å². The van der Waals surface area contributed by atoms with Gasteiger partial charge in [-0.25, -0.2) is 0 Å². The van der Waals surface area contributed by atoms with E-state index in [1.54, 1.807) is 27.2 Å². The first kappa shape index (κ1) is 19.3. The number of rotatable bonds is 8. The predicted octanol–water partition coefficient (Wildman–Crippen LogP) is 4.64. The number of methoxy groups -OCH3 is 2. The fraction of sp³-hybridized carbons (Fsp3) is 0.227. The van der Waals surface area contributed by atoms with Gasteiger partial charge in [-0.1, -0.05) is 42.5 Å². The standard InChI is InChI=1S/C22H24O4/c1-4-26-22(23)14-6-5-13-21(17-9-7-11-19(15-17)24-2)18-10-8-12-20(16-18)25-3/h5-13,15-16H,4,14H2,1-3H3/b6-5+. The van der Waals surface area contributed by atoms with E-state index in [2.05, 4.69) is 0 Å². The molecular weight excluding hydrogens is 328 g/mol. The molecule has 0 radical (unpaired) electrons. The fourth-order valence-electron chi connectivity index (χ4n) is 2.49. The predicted molar refractivity (Wildman–Crippen MR) is 103 cm³/mol. The topological polar surface area (TPSA) is 44.8 Å². The molecule has 0 saturated carbocycles. The van der Waals surface area contributed by atoms with Gasteiger partial charge in [-0.3, -0.25) is 4.79 Å². The molecule has 0 N–H and O–H groups in total. The summed E-state index contributed by atoms with van der Waals surface area (Å²) in [4.78, 5) is 11.5. The number of carbonyl (C=O) groups excluding carboxylic acids is 1. The molecule has 4 nitrogen and oxygen atoms in total. The number of esters is 1. The maximum Gasteiger partial charge on any atom is 0.309 e. The second kappa shape index (κ2) is 10.1. The lowest BCUT2D eigenvalue weighted by Gasteiger charge is -2.11. The highest BCUT2D eigenvalue weighted by atomic mass is 16.5. The minimum absolute atomic E-state index is 0.235. The number of hydrogen-bond acceptors (Lipinski definition) is 4. The van der Waals surface area contributed by atoms with Crippen molar-refractivity contribution in [3.05, 3.63) is 77.9 Å². The average molecular weight is 352 g/mol. The molecule has 0 unspecified atom stereocenters. The van der Waals surface area contributed by atoms with Crippen LogP contribution in [0.2, 0.25) is 0 Å². The van der Waals surface area contributed by atoms with E-state index >= 15 is 0 Å².